The molecule has 3 rings (SSSR count). The summed E-state index contributed by atoms with van der Waals surface area (Å²) >= 11 is 0. The van der Waals surface area contributed by atoms with Crippen LogP contribution in [0.3, 0.4) is 0 Å². The molecule has 1 fully saturated rings. The van der Waals surface area contributed by atoms with E-state index in [2.05, 4.69) is 0 Å². The smallest absolute Gasteiger partial charge is 0.270 e. The Labute approximate surface area is 199 Å². The summed E-state index contributed by atoms with van der Waals surface area (Å²) in [7, 11) is -6.11. The van der Waals surface area contributed by atoms with Crippen LogP contribution in [0, 0.1) is 10.1 Å². The van der Waals surface area contributed by atoms with E-state index in [0.717, 1.165) is 6.07 Å². The van der Waals surface area contributed by atoms with Crippen molar-refractivity contribution < 1.29 is 26.5 Å². The Bertz CT molecular complexity index is 1250. The van der Waals surface area contributed by atoms with Crippen LogP contribution in [0.4, 0.5) is 11.4 Å². The first kappa shape index (κ1) is 25.9. The maximum atomic E-state index is 13.0. The third kappa shape index (κ3) is 5.02. The first-order valence-corrected chi connectivity index (χ1v) is 13.6. The third-order valence-electron chi connectivity index (χ3n) is 5.74. The lowest BCUT2D eigenvalue weighted by Crippen LogP contribution is -2.48. The molecule has 1 aliphatic rings. The van der Waals surface area contributed by atoms with E-state index in [1.165, 1.54) is 40.0 Å². The van der Waals surface area contributed by atoms with Crippen LogP contribution < -0.4 is 9.64 Å². The van der Waals surface area contributed by atoms with Crippen molar-refractivity contribution in [1.29, 1.82) is 0 Å². The fourth-order valence-corrected chi connectivity index (χ4v) is 6.81. The van der Waals surface area contributed by atoms with Gasteiger partial charge in [-0.15, -0.1) is 0 Å². The van der Waals surface area contributed by atoms with Gasteiger partial charge in [-0.3, -0.25) is 10.1 Å². The Kier molecular flexibility index (Phi) is 7.81. The van der Waals surface area contributed by atoms with E-state index < -0.39 is 25.0 Å². The second kappa shape index (κ2) is 10.3. The second-order valence-corrected chi connectivity index (χ2v) is 11.4. The number of piperazine rings is 1. The van der Waals surface area contributed by atoms with Crippen LogP contribution in [0.1, 0.15) is 13.8 Å². The summed E-state index contributed by atoms with van der Waals surface area (Å²) in [6, 6.07) is 9.61. The van der Waals surface area contributed by atoms with E-state index >= 15 is 0 Å². The zero-order valence-electron chi connectivity index (χ0n) is 19.2. The number of methoxy groups -OCH3 is 1. The van der Waals surface area contributed by atoms with Gasteiger partial charge in [-0.1, -0.05) is 19.9 Å². The number of rotatable bonds is 9. The molecule has 0 unspecified atom stereocenters. The van der Waals surface area contributed by atoms with Gasteiger partial charge in [0.05, 0.1) is 27.5 Å². The van der Waals surface area contributed by atoms with Crippen molar-refractivity contribution in [2.75, 3.05) is 51.3 Å². The average Bonchev–Trinajstić information content (AvgIpc) is 2.84. The molecule has 13 heteroatoms. The standard InChI is InChI=1S/C21H28N4O7S2/c1-4-23(5-2)33(28,29)19-9-10-21(32-3)20(16-19)22-11-13-24(14-12-22)34(30,31)18-8-6-7-17(15-18)25(26)27/h6-10,15-16H,4-5,11-14H2,1-3H3. The van der Waals surface area contributed by atoms with Crippen molar-refractivity contribution in [2.45, 2.75) is 23.6 Å². The number of nitrogens with zero attached hydrogens (tertiary/aromatic N) is 4. The fourth-order valence-electron chi connectivity index (χ4n) is 3.87. The Morgan fingerprint density at radius 2 is 1.62 bits per heavy atom. The summed E-state index contributed by atoms with van der Waals surface area (Å²) in [6.45, 7) is 5.06. The number of ether oxygens (including phenoxy) is 1. The number of anilines is 1. The zero-order chi connectivity index (χ0) is 25.1. The molecule has 11 nitrogen and oxygen atoms in total. The summed E-state index contributed by atoms with van der Waals surface area (Å²) in [6.07, 6.45) is 0. The number of nitro benzene ring substituents is 1. The highest BCUT2D eigenvalue weighted by atomic mass is 32.2. The topological polar surface area (TPSA) is 130 Å². The number of sulfonamides is 2. The molecule has 1 saturated heterocycles. The van der Waals surface area contributed by atoms with Crippen LogP contribution >= 0.6 is 0 Å². The summed E-state index contributed by atoms with van der Waals surface area (Å²) in [5.74, 6) is 0.480. The van der Waals surface area contributed by atoms with Crippen molar-refractivity contribution in [3.05, 3.63) is 52.6 Å². The molecule has 0 saturated carbocycles. The van der Waals surface area contributed by atoms with Crippen LogP contribution in [0.15, 0.2) is 52.3 Å². The molecule has 2 aromatic rings. The highest BCUT2D eigenvalue weighted by molar-refractivity contribution is 7.89. The maximum absolute atomic E-state index is 13.0. The molecule has 186 valence electrons. The number of nitro groups is 1. The molecule has 0 spiro atoms. The number of benzene rings is 2. The van der Waals surface area contributed by atoms with Gasteiger partial charge in [0.25, 0.3) is 5.69 Å². The number of non-ortho nitro benzene ring substituents is 1. The molecule has 1 heterocycles. The van der Waals surface area contributed by atoms with Gasteiger partial charge in [0.1, 0.15) is 5.75 Å². The van der Waals surface area contributed by atoms with Crippen LogP contribution in [0.2, 0.25) is 0 Å². The monoisotopic (exact) mass is 512 g/mol. The van der Waals surface area contributed by atoms with Crippen molar-refractivity contribution >= 4 is 31.4 Å². The molecule has 1 aliphatic heterocycles. The minimum absolute atomic E-state index is 0.126. The van der Waals surface area contributed by atoms with Gasteiger partial charge in [-0.25, -0.2) is 16.8 Å². The molecule has 0 aliphatic carbocycles. The van der Waals surface area contributed by atoms with Crippen LogP contribution in [0.5, 0.6) is 5.75 Å². The van der Waals surface area contributed by atoms with Crippen molar-refractivity contribution in [3.63, 3.8) is 0 Å². The Morgan fingerprint density at radius 1 is 0.971 bits per heavy atom. The minimum atomic E-state index is -3.92. The van der Waals surface area contributed by atoms with Gasteiger partial charge in [0, 0.05) is 51.4 Å². The Morgan fingerprint density at radius 3 is 2.18 bits per heavy atom. The van der Waals surface area contributed by atoms with Gasteiger partial charge in [-0.05, 0) is 24.3 Å². The first-order valence-electron chi connectivity index (χ1n) is 10.7. The van der Waals surface area contributed by atoms with Gasteiger partial charge < -0.3 is 9.64 Å². The fraction of sp³-hybridized carbons (Fsp3) is 0.429. The van der Waals surface area contributed by atoms with Gasteiger partial charge in [-0.2, -0.15) is 8.61 Å². The number of hydrogen-bond donors (Lipinski definition) is 0. The highest BCUT2D eigenvalue weighted by Gasteiger charge is 2.31. The van der Waals surface area contributed by atoms with Crippen molar-refractivity contribution in [1.82, 2.24) is 8.61 Å². The number of hydrogen-bond acceptors (Lipinski definition) is 8. The molecular formula is C21H28N4O7S2. The largest absolute Gasteiger partial charge is 0.495 e. The average molecular weight is 513 g/mol. The molecular weight excluding hydrogens is 484 g/mol. The summed E-state index contributed by atoms with van der Waals surface area (Å²) in [5.41, 5.74) is 0.263. The van der Waals surface area contributed by atoms with Crippen molar-refractivity contribution in [2.24, 2.45) is 0 Å². The highest BCUT2D eigenvalue weighted by Crippen LogP contribution is 2.33. The van der Waals surface area contributed by atoms with Gasteiger partial charge >= 0.3 is 0 Å². The van der Waals surface area contributed by atoms with Crippen LogP contribution in [-0.4, -0.2) is 76.7 Å². The molecule has 0 N–H and O–H groups in total. The lowest BCUT2D eigenvalue weighted by Gasteiger charge is -2.36. The van der Waals surface area contributed by atoms with E-state index in [1.807, 2.05) is 4.90 Å². The molecule has 0 aromatic heterocycles. The van der Waals surface area contributed by atoms with E-state index in [4.69, 9.17) is 4.74 Å². The van der Waals surface area contributed by atoms with E-state index in [-0.39, 0.29) is 28.6 Å². The lowest BCUT2D eigenvalue weighted by atomic mass is 10.2. The van der Waals surface area contributed by atoms with Crippen LogP contribution in [-0.2, 0) is 20.0 Å². The SMILES string of the molecule is CCN(CC)S(=O)(=O)c1ccc(OC)c(N2CCN(S(=O)(=O)c3cccc([N+](=O)[O-])c3)CC2)c1. The van der Waals surface area contributed by atoms with E-state index in [0.29, 0.717) is 37.6 Å². The predicted molar refractivity (Wildman–Crippen MR) is 127 cm³/mol. The Hall–Kier alpha value is -2.74. The summed E-state index contributed by atoms with van der Waals surface area (Å²) < 4.78 is 60.1. The summed E-state index contributed by atoms with van der Waals surface area (Å²) in [4.78, 5) is 12.3. The predicted octanol–water partition coefficient (Wildman–Crippen LogP) is 2.14. The summed E-state index contributed by atoms with van der Waals surface area (Å²) in [5, 5.41) is 11.0. The molecule has 0 bridgehead atoms. The lowest BCUT2D eigenvalue weighted by molar-refractivity contribution is -0.385. The molecule has 34 heavy (non-hydrogen) atoms. The molecule has 2 aromatic carbocycles. The van der Waals surface area contributed by atoms with Crippen molar-refractivity contribution in [3.8, 4) is 5.75 Å². The zero-order valence-corrected chi connectivity index (χ0v) is 20.9. The third-order valence-corrected chi connectivity index (χ3v) is 9.68. The maximum Gasteiger partial charge on any atom is 0.270 e. The van der Waals surface area contributed by atoms with Gasteiger partial charge in [0.2, 0.25) is 20.0 Å². The molecule has 0 atom stereocenters. The molecule has 0 amide bonds. The Balaban J connectivity index is 1.85. The molecule has 0 radical (unpaired) electrons. The second-order valence-electron chi connectivity index (χ2n) is 7.57. The van der Waals surface area contributed by atoms with Gasteiger partial charge in [0.15, 0.2) is 0 Å². The quantitative estimate of drug-likeness (QED) is 0.369. The van der Waals surface area contributed by atoms with Crippen LogP contribution in [0.25, 0.3) is 0 Å². The van der Waals surface area contributed by atoms with E-state index in [1.54, 1.807) is 26.0 Å². The first-order chi connectivity index (χ1) is 16.1. The van der Waals surface area contributed by atoms with E-state index in [9.17, 15) is 26.9 Å². The normalized spacial score (nSPS) is 15.5. The minimum Gasteiger partial charge on any atom is -0.495 e.